The van der Waals surface area contributed by atoms with E-state index in [0.717, 1.165) is 30.3 Å². The predicted molar refractivity (Wildman–Crippen MR) is 130 cm³/mol. The standard InChI is InChI=1S/C22H33N5O.HI/c1-4-23-22(25-15-20(17(2)3)27-12-8-9-13-27)24-14-19-16-28-21(26-19)18-10-6-5-7-11-18;/h5-7,10-11,16-17,20H,4,8-9,12-15H2,1-3H3,(H2,23,24,25);1H. The number of aromatic nitrogens is 1. The molecule has 0 aliphatic carbocycles. The second-order valence-electron chi connectivity index (χ2n) is 7.64. The van der Waals surface area contributed by atoms with Gasteiger partial charge < -0.3 is 15.1 Å². The summed E-state index contributed by atoms with van der Waals surface area (Å²) in [6.07, 6.45) is 4.32. The summed E-state index contributed by atoms with van der Waals surface area (Å²) in [6.45, 7) is 11.3. The summed E-state index contributed by atoms with van der Waals surface area (Å²) < 4.78 is 5.61. The van der Waals surface area contributed by atoms with Gasteiger partial charge in [-0.05, 0) is 50.9 Å². The highest BCUT2D eigenvalue weighted by molar-refractivity contribution is 14.0. The number of rotatable bonds is 8. The smallest absolute Gasteiger partial charge is 0.226 e. The number of oxazole rings is 1. The molecule has 0 spiro atoms. The van der Waals surface area contributed by atoms with E-state index in [1.165, 1.54) is 25.9 Å². The third-order valence-electron chi connectivity index (χ3n) is 5.17. The number of nitrogens with one attached hydrogen (secondary N) is 2. The van der Waals surface area contributed by atoms with Gasteiger partial charge in [-0.2, -0.15) is 0 Å². The Kier molecular flexibility index (Phi) is 9.93. The molecule has 1 atom stereocenters. The molecule has 160 valence electrons. The highest BCUT2D eigenvalue weighted by Gasteiger charge is 2.24. The van der Waals surface area contributed by atoms with Crippen LogP contribution in [0.4, 0.5) is 0 Å². The van der Waals surface area contributed by atoms with E-state index < -0.39 is 0 Å². The van der Waals surface area contributed by atoms with Gasteiger partial charge in [0.1, 0.15) is 12.0 Å². The minimum Gasteiger partial charge on any atom is -0.444 e. The van der Waals surface area contributed by atoms with Crippen LogP contribution in [0.3, 0.4) is 0 Å². The largest absolute Gasteiger partial charge is 0.444 e. The fraction of sp³-hybridized carbons (Fsp3) is 0.545. The maximum Gasteiger partial charge on any atom is 0.226 e. The van der Waals surface area contributed by atoms with Crippen LogP contribution >= 0.6 is 24.0 Å². The second kappa shape index (κ2) is 12.2. The van der Waals surface area contributed by atoms with Gasteiger partial charge in [-0.15, -0.1) is 24.0 Å². The van der Waals surface area contributed by atoms with Crippen molar-refractivity contribution in [3.63, 3.8) is 0 Å². The molecule has 3 rings (SSSR count). The van der Waals surface area contributed by atoms with Crippen LogP contribution in [-0.4, -0.2) is 48.1 Å². The molecule has 2 aromatic rings. The van der Waals surface area contributed by atoms with Crippen molar-refractivity contribution < 1.29 is 4.42 Å². The zero-order chi connectivity index (χ0) is 19.8. The fourth-order valence-electron chi connectivity index (χ4n) is 3.66. The quantitative estimate of drug-likeness (QED) is 0.317. The predicted octanol–water partition coefficient (Wildman–Crippen LogP) is 4.14. The Balaban J connectivity index is 0.00000300. The summed E-state index contributed by atoms with van der Waals surface area (Å²) in [7, 11) is 0. The average molecular weight is 511 g/mol. The zero-order valence-electron chi connectivity index (χ0n) is 17.7. The molecular weight excluding hydrogens is 477 g/mol. The van der Waals surface area contributed by atoms with Gasteiger partial charge in [-0.3, -0.25) is 4.90 Å². The van der Waals surface area contributed by atoms with Crippen LogP contribution in [0, 0.1) is 5.92 Å². The van der Waals surface area contributed by atoms with Gasteiger partial charge in [0.15, 0.2) is 5.96 Å². The molecule has 1 aromatic heterocycles. The van der Waals surface area contributed by atoms with E-state index in [2.05, 4.69) is 41.3 Å². The Bertz CT molecular complexity index is 741. The van der Waals surface area contributed by atoms with Crippen LogP contribution in [0.2, 0.25) is 0 Å². The first kappa shape index (κ1) is 23.7. The normalized spacial score (nSPS) is 15.9. The first-order valence-corrected chi connectivity index (χ1v) is 10.4. The second-order valence-corrected chi connectivity index (χ2v) is 7.64. The molecule has 0 amide bonds. The summed E-state index contributed by atoms with van der Waals surface area (Å²) in [5.74, 6) is 2.08. The third kappa shape index (κ3) is 6.99. The van der Waals surface area contributed by atoms with Crippen molar-refractivity contribution in [3.05, 3.63) is 42.3 Å². The maximum absolute atomic E-state index is 5.61. The van der Waals surface area contributed by atoms with E-state index in [4.69, 9.17) is 9.41 Å². The van der Waals surface area contributed by atoms with E-state index >= 15 is 0 Å². The Morgan fingerprint density at radius 3 is 2.55 bits per heavy atom. The molecule has 1 aliphatic rings. The van der Waals surface area contributed by atoms with Gasteiger partial charge in [-0.25, -0.2) is 9.98 Å². The third-order valence-corrected chi connectivity index (χ3v) is 5.17. The molecule has 7 heteroatoms. The molecule has 0 radical (unpaired) electrons. The van der Waals surface area contributed by atoms with Gasteiger partial charge >= 0.3 is 0 Å². The number of nitrogens with zero attached hydrogens (tertiary/aromatic N) is 3. The van der Waals surface area contributed by atoms with Crippen LogP contribution in [0.15, 0.2) is 46.0 Å². The number of guanidine groups is 1. The zero-order valence-corrected chi connectivity index (χ0v) is 20.1. The number of aliphatic imine (C=N–C) groups is 1. The van der Waals surface area contributed by atoms with Gasteiger partial charge in [0.25, 0.3) is 0 Å². The van der Waals surface area contributed by atoms with Crippen molar-refractivity contribution in [2.75, 3.05) is 26.2 Å². The number of benzene rings is 1. The average Bonchev–Trinajstić information content (AvgIpc) is 3.39. The lowest BCUT2D eigenvalue weighted by Gasteiger charge is -2.31. The van der Waals surface area contributed by atoms with Crippen molar-refractivity contribution in [1.82, 2.24) is 20.5 Å². The first-order valence-electron chi connectivity index (χ1n) is 10.4. The summed E-state index contributed by atoms with van der Waals surface area (Å²) >= 11 is 0. The highest BCUT2D eigenvalue weighted by atomic mass is 127. The minimum absolute atomic E-state index is 0. The Hall–Kier alpha value is -1.61. The lowest BCUT2D eigenvalue weighted by atomic mass is 10.0. The monoisotopic (exact) mass is 511 g/mol. The van der Waals surface area contributed by atoms with Crippen molar-refractivity contribution in [2.24, 2.45) is 10.9 Å². The van der Waals surface area contributed by atoms with E-state index in [1.807, 2.05) is 30.3 Å². The highest BCUT2D eigenvalue weighted by Crippen LogP contribution is 2.19. The molecule has 1 aromatic carbocycles. The molecule has 2 N–H and O–H groups in total. The van der Waals surface area contributed by atoms with Gasteiger partial charge in [0.05, 0.1) is 6.54 Å². The summed E-state index contributed by atoms with van der Waals surface area (Å²) in [6, 6.07) is 10.5. The van der Waals surface area contributed by atoms with E-state index in [-0.39, 0.29) is 24.0 Å². The number of likely N-dealkylation sites (tertiary alicyclic amines) is 1. The van der Waals surface area contributed by atoms with E-state index in [9.17, 15) is 0 Å². The Morgan fingerprint density at radius 2 is 1.90 bits per heavy atom. The number of halogens is 1. The van der Waals surface area contributed by atoms with E-state index in [0.29, 0.717) is 24.4 Å². The van der Waals surface area contributed by atoms with Gasteiger partial charge in [0, 0.05) is 24.7 Å². The van der Waals surface area contributed by atoms with Crippen LogP contribution in [-0.2, 0) is 6.54 Å². The molecule has 29 heavy (non-hydrogen) atoms. The van der Waals surface area contributed by atoms with Gasteiger partial charge in [0.2, 0.25) is 5.89 Å². The van der Waals surface area contributed by atoms with Crippen LogP contribution in [0.25, 0.3) is 11.5 Å². The number of hydrogen-bond acceptors (Lipinski definition) is 4. The Labute approximate surface area is 191 Å². The fourth-order valence-corrected chi connectivity index (χ4v) is 3.66. The molecule has 1 fully saturated rings. The molecule has 1 aliphatic heterocycles. The van der Waals surface area contributed by atoms with Gasteiger partial charge in [-0.1, -0.05) is 32.0 Å². The lowest BCUT2D eigenvalue weighted by molar-refractivity contribution is 0.192. The maximum atomic E-state index is 5.61. The molecule has 1 saturated heterocycles. The Morgan fingerprint density at radius 1 is 1.17 bits per heavy atom. The molecular formula is C22H34IN5O. The molecule has 0 bridgehead atoms. The number of hydrogen-bond donors (Lipinski definition) is 2. The SMILES string of the molecule is CCNC(=NCc1coc(-c2ccccc2)n1)NCC(C(C)C)N1CCCC1.I. The molecule has 0 saturated carbocycles. The topological polar surface area (TPSA) is 65.7 Å². The summed E-state index contributed by atoms with van der Waals surface area (Å²) in [5.41, 5.74) is 1.81. The van der Waals surface area contributed by atoms with Crippen molar-refractivity contribution >= 4 is 29.9 Å². The van der Waals surface area contributed by atoms with Crippen molar-refractivity contribution in [3.8, 4) is 11.5 Å². The van der Waals surface area contributed by atoms with Crippen LogP contribution < -0.4 is 10.6 Å². The van der Waals surface area contributed by atoms with Crippen LogP contribution in [0.5, 0.6) is 0 Å². The molecule has 6 nitrogen and oxygen atoms in total. The first-order chi connectivity index (χ1) is 13.7. The molecule has 2 heterocycles. The molecule has 1 unspecified atom stereocenters. The van der Waals surface area contributed by atoms with E-state index in [1.54, 1.807) is 6.26 Å². The van der Waals surface area contributed by atoms with Crippen molar-refractivity contribution in [2.45, 2.75) is 46.2 Å². The van der Waals surface area contributed by atoms with Crippen LogP contribution in [0.1, 0.15) is 39.3 Å². The van der Waals surface area contributed by atoms with Crippen molar-refractivity contribution in [1.29, 1.82) is 0 Å². The summed E-state index contributed by atoms with van der Waals surface area (Å²) in [5, 5.41) is 6.86. The lowest BCUT2D eigenvalue weighted by Crippen LogP contribution is -2.48. The summed E-state index contributed by atoms with van der Waals surface area (Å²) in [4.78, 5) is 11.9. The minimum atomic E-state index is 0.